The summed E-state index contributed by atoms with van der Waals surface area (Å²) in [4.78, 5) is 12.0. The molecule has 0 aliphatic rings. The molecule has 0 aromatic heterocycles. The van der Waals surface area contributed by atoms with Crippen LogP contribution in [0.25, 0.3) is 0 Å². The molecule has 1 unspecified atom stereocenters. The maximum absolute atomic E-state index is 12.0. The van der Waals surface area contributed by atoms with Crippen molar-refractivity contribution < 1.29 is 9.53 Å². The largest absolute Gasteiger partial charge is 0.483 e. The lowest BCUT2D eigenvalue weighted by Crippen LogP contribution is -2.31. The lowest BCUT2D eigenvalue weighted by molar-refractivity contribution is -0.123. The molecular formula is C19H23NO2. The number of aryl methyl sites for hydroxylation is 2. The van der Waals surface area contributed by atoms with E-state index in [4.69, 9.17) is 4.74 Å². The normalized spacial score (nSPS) is 11.8. The zero-order chi connectivity index (χ0) is 16.1. The Kier molecular flexibility index (Phi) is 5.21. The summed E-state index contributed by atoms with van der Waals surface area (Å²) in [6.07, 6.45) is 0. The van der Waals surface area contributed by atoms with Gasteiger partial charge in [0.1, 0.15) is 5.75 Å². The predicted octanol–water partition coefficient (Wildman–Crippen LogP) is 3.87. The summed E-state index contributed by atoms with van der Waals surface area (Å²) in [6, 6.07) is 13.9. The molecule has 2 aromatic rings. The smallest absolute Gasteiger partial charge is 0.258 e. The Hall–Kier alpha value is -2.29. The van der Waals surface area contributed by atoms with Crippen molar-refractivity contribution >= 4 is 5.91 Å². The Morgan fingerprint density at radius 1 is 1.14 bits per heavy atom. The van der Waals surface area contributed by atoms with Gasteiger partial charge in [0, 0.05) is 0 Å². The van der Waals surface area contributed by atoms with Gasteiger partial charge in [-0.1, -0.05) is 36.4 Å². The van der Waals surface area contributed by atoms with Crippen LogP contribution in [-0.4, -0.2) is 12.5 Å². The quantitative estimate of drug-likeness (QED) is 0.910. The molecule has 0 aliphatic carbocycles. The average Bonchev–Trinajstić information content (AvgIpc) is 2.50. The number of hydrogen-bond acceptors (Lipinski definition) is 2. The van der Waals surface area contributed by atoms with E-state index >= 15 is 0 Å². The highest BCUT2D eigenvalue weighted by Gasteiger charge is 2.11. The number of amides is 1. The van der Waals surface area contributed by atoms with Gasteiger partial charge in [0.2, 0.25) is 0 Å². The highest BCUT2D eigenvalue weighted by molar-refractivity contribution is 5.78. The van der Waals surface area contributed by atoms with Crippen LogP contribution in [-0.2, 0) is 4.79 Å². The second-order valence-corrected chi connectivity index (χ2v) is 5.69. The van der Waals surface area contributed by atoms with E-state index in [-0.39, 0.29) is 18.6 Å². The molecule has 1 atom stereocenters. The van der Waals surface area contributed by atoms with Crippen molar-refractivity contribution in [1.29, 1.82) is 0 Å². The summed E-state index contributed by atoms with van der Waals surface area (Å²) in [6.45, 7) is 8.08. The summed E-state index contributed by atoms with van der Waals surface area (Å²) >= 11 is 0. The van der Waals surface area contributed by atoms with Gasteiger partial charge in [-0.15, -0.1) is 0 Å². The van der Waals surface area contributed by atoms with Crippen LogP contribution >= 0.6 is 0 Å². The van der Waals surface area contributed by atoms with E-state index in [0.717, 1.165) is 22.4 Å². The van der Waals surface area contributed by atoms with Crippen LogP contribution in [0.3, 0.4) is 0 Å². The summed E-state index contributed by atoms with van der Waals surface area (Å²) in [5.41, 5.74) is 4.47. The first-order valence-electron chi connectivity index (χ1n) is 7.52. The van der Waals surface area contributed by atoms with Crippen LogP contribution in [0.5, 0.6) is 5.75 Å². The number of carbonyl (C=O) groups excluding carboxylic acids is 1. The van der Waals surface area contributed by atoms with E-state index in [1.807, 2.05) is 64.1 Å². The van der Waals surface area contributed by atoms with Crippen LogP contribution in [0.2, 0.25) is 0 Å². The molecule has 3 heteroatoms. The molecule has 1 N–H and O–H groups in total. The maximum Gasteiger partial charge on any atom is 0.258 e. The minimum Gasteiger partial charge on any atom is -0.483 e. The van der Waals surface area contributed by atoms with Crippen molar-refractivity contribution in [3.8, 4) is 5.75 Å². The third kappa shape index (κ3) is 4.10. The summed E-state index contributed by atoms with van der Waals surface area (Å²) in [5, 5.41) is 2.95. The number of hydrogen-bond donors (Lipinski definition) is 1. The van der Waals surface area contributed by atoms with Gasteiger partial charge >= 0.3 is 0 Å². The van der Waals surface area contributed by atoms with Gasteiger partial charge in [0.05, 0.1) is 6.04 Å². The van der Waals surface area contributed by atoms with Crippen molar-refractivity contribution in [1.82, 2.24) is 5.32 Å². The Balaban J connectivity index is 1.93. The fraction of sp³-hybridized carbons (Fsp3) is 0.316. The van der Waals surface area contributed by atoms with Crippen molar-refractivity contribution in [3.63, 3.8) is 0 Å². The lowest BCUT2D eigenvalue weighted by atomic mass is 10.1. The fourth-order valence-corrected chi connectivity index (χ4v) is 2.40. The van der Waals surface area contributed by atoms with E-state index in [1.54, 1.807) is 0 Å². The Morgan fingerprint density at radius 3 is 2.50 bits per heavy atom. The molecule has 0 radical (unpaired) electrons. The molecule has 0 spiro atoms. The van der Waals surface area contributed by atoms with Gasteiger partial charge in [-0.2, -0.15) is 0 Å². The van der Waals surface area contributed by atoms with E-state index in [2.05, 4.69) is 11.4 Å². The number of nitrogens with one attached hydrogen (secondary N) is 1. The SMILES string of the molecule is Cc1cc(C)c(C)c(OCC(=O)NC(C)c2ccccc2)c1. The second kappa shape index (κ2) is 7.12. The molecule has 3 nitrogen and oxygen atoms in total. The Labute approximate surface area is 132 Å². The lowest BCUT2D eigenvalue weighted by Gasteiger charge is -2.16. The average molecular weight is 297 g/mol. The zero-order valence-electron chi connectivity index (χ0n) is 13.6. The minimum atomic E-state index is -0.116. The molecule has 0 saturated heterocycles. The number of rotatable bonds is 5. The monoisotopic (exact) mass is 297 g/mol. The topological polar surface area (TPSA) is 38.3 Å². The van der Waals surface area contributed by atoms with Gasteiger partial charge in [-0.05, 0) is 56.0 Å². The standard InChI is InChI=1S/C19H23NO2/c1-13-10-14(2)15(3)18(11-13)22-12-19(21)20-16(4)17-8-6-5-7-9-17/h5-11,16H,12H2,1-4H3,(H,20,21). The van der Waals surface area contributed by atoms with Crippen molar-refractivity contribution in [3.05, 3.63) is 64.7 Å². The third-order valence-electron chi connectivity index (χ3n) is 3.80. The Morgan fingerprint density at radius 2 is 1.82 bits per heavy atom. The van der Waals surface area contributed by atoms with E-state index < -0.39 is 0 Å². The van der Waals surface area contributed by atoms with E-state index in [0.29, 0.717) is 0 Å². The molecule has 0 fully saturated rings. The molecule has 116 valence electrons. The fourth-order valence-electron chi connectivity index (χ4n) is 2.40. The van der Waals surface area contributed by atoms with Crippen LogP contribution in [0.4, 0.5) is 0 Å². The summed E-state index contributed by atoms with van der Waals surface area (Å²) in [5.74, 6) is 0.662. The first-order valence-corrected chi connectivity index (χ1v) is 7.52. The van der Waals surface area contributed by atoms with Crippen LogP contribution < -0.4 is 10.1 Å². The number of ether oxygens (including phenoxy) is 1. The third-order valence-corrected chi connectivity index (χ3v) is 3.80. The van der Waals surface area contributed by atoms with Gasteiger partial charge in [-0.25, -0.2) is 0 Å². The van der Waals surface area contributed by atoms with Gasteiger partial charge in [0.25, 0.3) is 5.91 Å². The van der Waals surface area contributed by atoms with Crippen LogP contribution in [0.15, 0.2) is 42.5 Å². The van der Waals surface area contributed by atoms with Crippen molar-refractivity contribution in [2.45, 2.75) is 33.7 Å². The Bertz CT molecular complexity index is 650. The zero-order valence-corrected chi connectivity index (χ0v) is 13.6. The highest BCUT2D eigenvalue weighted by Crippen LogP contribution is 2.23. The van der Waals surface area contributed by atoms with Crippen LogP contribution in [0.1, 0.15) is 35.2 Å². The van der Waals surface area contributed by atoms with Gasteiger partial charge in [-0.3, -0.25) is 4.79 Å². The van der Waals surface area contributed by atoms with Crippen molar-refractivity contribution in [2.75, 3.05) is 6.61 Å². The molecule has 0 aliphatic heterocycles. The number of benzene rings is 2. The van der Waals surface area contributed by atoms with Crippen molar-refractivity contribution in [2.24, 2.45) is 0 Å². The summed E-state index contributed by atoms with van der Waals surface area (Å²) < 4.78 is 5.68. The number of carbonyl (C=O) groups is 1. The highest BCUT2D eigenvalue weighted by atomic mass is 16.5. The first-order chi connectivity index (χ1) is 10.5. The molecule has 0 saturated carbocycles. The van der Waals surface area contributed by atoms with Gasteiger partial charge < -0.3 is 10.1 Å². The maximum atomic E-state index is 12.0. The molecule has 22 heavy (non-hydrogen) atoms. The first kappa shape index (κ1) is 16.1. The molecule has 0 heterocycles. The summed E-state index contributed by atoms with van der Waals surface area (Å²) in [7, 11) is 0. The molecule has 0 bridgehead atoms. The van der Waals surface area contributed by atoms with Crippen LogP contribution in [0, 0.1) is 20.8 Å². The molecule has 2 rings (SSSR count). The molecular weight excluding hydrogens is 274 g/mol. The van der Waals surface area contributed by atoms with E-state index in [9.17, 15) is 4.79 Å². The van der Waals surface area contributed by atoms with Gasteiger partial charge in [0.15, 0.2) is 6.61 Å². The van der Waals surface area contributed by atoms with E-state index in [1.165, 1.54) is 5.56 Å². The minimum absolute atomic E-state index is 0.0287. The second-order valence-electron chi connectivity index (χ2n) is 5.69. The predicted molar refractivity (Wildman–Crippen MR) is 89.1 cm³/mol. The molecule has 1 amide bonds. The molecule has 2 aromatic carbocycles.